The smallest absolute Gasteiger partial charge is 0.00439 e. The third-order valence-electron chi connectivity index (χ3n) is 2.15. The Hall–Kier alpha value is -1.24. The molecule has 0 radical (unpaired) electrons. The summed E-state index contributed by atoms with van der Waals surface area (Å²) in [5.74, 6) is 0. The fraction of sp³-hybridized carbons (Fsp3) is 0.333. The molecule has 0 saturated carbocycles. The molecule has 1 nitrogen and oxygen atoms in total. The van der Waals surface area contributed by atoms with Gasteiger partial charge >= 0.3 is 0 Å². The van der Waals surface area contributed by atoms with Gasteiger partial charge in [-0.15, -0.1) is 0 Å². The highest BCUT2D eigenvalue weighted by Crippen LogP contribution is 1.87. The quantitative estimate of drug-likeness (QED) is 0.675. The molecule has 70 valence electrons. The Balaban J connectivity index is 3.65. The molecule has 0 aliphatic heterocycles. The van der Waals surface area contributed by atoms with Gasteiger partial charge in [0.25, 0.3) is 0 Å². The van der Waals surface area contributed by atoms with E-state index in [4.69, 9.17) is 0 Å². The molecule has 1 aromatic carbocycles. The Morgan fingerprint density at radius 1 is 1.31 bits per heavy atom. The van der Waals surface area contributed by atoms with Gasteiger partial charge in [0.15, 0.2) is 0 Å². The maximum atomic E-state index is 3.08. The van der Waals surface area contributed by atoms with Gasteiger partial charge < -0.3 is 5.32 Å². The van der Waals surface area contributed by atoms with Crippen molar-refractivity contribution in [2.75, 3.05) is 7.05 Å². The average Bonchev–Trinajstić information content (AvgIpc) is 2.08. The molecule has 1 rings (SSSR count). The first kappa shape index (κ1) is 9.85. The molecule has 1 heteroatoms. The zero-order valence-corrected chi connectivity index (χ0v) is 8.81. The molecule has 0 saturated heterocycles. The molecule has 0 spiro atoms. The van der Waals surface area contributed by atoms with Crippen LogP contribution in [0.3, 0.4) is 0 Å². The van der Waals surface area contributed by atoms with Crippen LogP contribution in [-0.2, 0) is 0 Å². The topological polar surface area (TPSA) is 12.0 Å². The summed E-state index contributed by atoms with van der Waals surface area (Å²) in [6, 6.07) is 6.39. The lowest BCUT2D eigenvalue weighted by Crippen LogP contribution is -2.30. The third kappa shape index (κ3) is 2.11. The molecule has 0 aliphatic rings. The van der Waals surface area contributed by atoms with Crippen molar-refractivity contribution in [3.63, 3.8) is 0 Å². The lowest BCUT2D eigenvalue weighted by molar-refractivity contribution is 1.16. The molecule has 0 unspecified atom stereocenters. The molecule has 0 bridgehead atoms. The van der Waals surface area contributed by atoms with Crippen molar-refractivity contribution in [1.29, 1.82) is 0 Å². The van der Waals surface area contributed by atoms with E-state index in [-0.39, 0.29) is 0 Å². The fourth-order valence-corrected chi connectivity index (χ4v) is 1.45. The Kier molecular flexibility index (Phi) is 3.13. The van der Waals surface area contributed by atoms with Crippen LogP contribution in [0.2, 0.25) is 0 Å². The number of benzene rings is 1. The Bertz CT molecular complexity index is 398. The van der Waals surface area contributed by atoms with Gasteiger partial charge in [0.2, 0.25) is 0 Å². The molecule has 1 N–H and O–H groups in total. The second-order valence-corrected chi connectivity index (χ2v) is 3.47. The van der Waals surface area contributed by atoms with Crippen LogP contribution in [0.5, 0.6) is 0 Å². The van der Waals surface area contributed by atoms with Crippen molar-refractivity contribution in [3.05, 3.63) is 34.2 Å². The summed E-state index contributed by atoms with van der Waals surface area (Å²) in [6.07, 6.45) is 2.05. The average molecular weight is 175 g/mol. The van der Waals surface area contributed by atoms with E-state index in [2.05, 4.69) is 50.5 Å². The summed E-state index contributed by atoms with van der Waals surface area (Å²) >= 11 is 0. The van der Waals surface area contributed by atoms with E-state index in [1.165, 1.54) is 21.6 Å². The molecule has 1 aromatic rings. The third-order valence-corrected chi connectivity index (χ3v) is 2.15. The Morgan fingerprint density at radius 2 is 2.00 bits per heavy atom. The molecule has 0 aliphatic carbocycles. The predicted molar refractivity (Wildman–Crippen MR) is 58.7 cm³/mol. The standard InChI is InChI=1S/C12H17N/c1-9(2)11-7-5-6-10(3)12(11)8-13-4/h5-8,13H,1-4H3/b12-8-. The maximum absolute atomic E-state index is 3.08. The van der Waals surface area contributed by atoms with E-state index in [0.29, 0.717) is 0 Å². The number of hydrogen-bond acceptors (Lipinski definition) is 1. The first-order chi connectivity index (χ1) is 6.16. The van der Waals surface area contributed by atoms with Crippen molar-refractivity contribution in [2.24, 2.45) is 0 Å². The molecule has 13 heavy (non-hydrogen) atoms. The van der Waals surface area contributed by atoms with Crippen LogP contribution < -0.4 is 15.8 Å². The zero-order chi connectivity index (χ0) is 9.84. The van der Waals surface area contributed by atoms with Gasteiger partial charge in [0, 0.05) is 18.5 Å². The summed E-state index contributed by atoms with van der Waals surface area (Å²) in [5, 5.41) is 5.71. The fourth-order valence-electron chi connectivity index (χ4n) is 1.45. The highest BCUT2D eigenvalue weighted by molar-refractivity contribution is 5.42. The predicted octanol–water partition coefficient (Wildman–Crippen LogP) is 1.14. The first-order valence-corrected chi connectivity index (χ1v) is 4.57. The van der Waals surface area contributed by atoms with Gasteiger partial charge in [-0.1, -0.05) is 23.8 Å². The molecular weight excluding hydrogens is 158 g/mol. The Morgan fingerprint density at radius 3 is 2.54 bits per heavy atom. The van der Waals surface area contributed by atoms with Crippen molar-refractivity contribution < 1.29 is 0 Å². The van der Waals surface area contributed by atoms with E-state index >= 15 is 0 Å². The summed E-state index contributed by atoms with van der Waals surface area (Å²) in [5.41, 5.74) is 2.67. The minimum Gasteiger partial charge on any atom is -0.393 e. The zero-order valence-electron chi connectivity index (χ0n) is 8.81. The van der Waals surface area contributed by atoms with Crippen LogP contribution >= 0.6 is 0 Å². The second-order valence-electron chi connectivity index (χ2n) is 3.47. The van der Waals surface area contributed by atoms with E-state index < -0.39 is 0 Å². The highest BCUT2D eigenvalue weighted by Gasteiger charge is 1.90. The van der Waals surface area contributed by atoms with Crippen molar-refractivity contribution in [3.8, 4) is 0 Å². The highest BCUT2D eigenvalue weighted by atomic mass is 14.8. The second kappa shape index (κ2) is 4.13. The van der Waals surface area contributed by atoms with Crippen LogP contribution in [0.25, 0.3) is 11.8 Å². The van der Waals surface area contributed by atoms with Crippen molar-refractivity contribution in [1.82, 2.24) is 5.32 Å². The maximum Gasteiger partial charge on any atom is 0.00439 e. The molecule has 0 heterocycles. The van der Waals surface area contributed by atoms with Crippen LogP contribution in [-0.4, -0.2) is 7.05 Å². The van der Waals surface area contributed by atoms with Gasteiger partial charge in [0.1, 0.15) is 0 Å². The van der Waals surface area contributed by atoms with Crippen molar-refractivity contribution in [2.45, 2.75) is 20.8 Å². The first-order valence-electron chi connectivity index (χ1n) is 4.57. The lowest BCUT2D eigenvalue weighted by Gasteiger charge is -1.98. The number of rotatable bonds is 1. The number of nitrogens with one attached hydrogen (secondary N) is 1. The van der Waals surface area contributed by atoms with Gasteiger partial charge in [-0.3, -0.25) is 0 Å². The van der Waals surface area contributed by atoms with Gasteiger partial charge in [-0.05, 0) is 31.6 Å². The summed E-state index contributed by atoms with van der Waals surface area (Å²) in [6.45, 7) is 6.42. The molecular formula is C12H17N. The SMILES string of the molecule is CN/C=c1/c(C)cccc1=C(C)C. The van der Waals surface area contributed by atoms with Gasteiger partial charge in [0.05, 0.1) is 0 Å². The van der Waals surface area contributed by atoms with Gasteiger partial charge in [-0.2, -0.15) is 0 Å². The van der Waals surface area contributed by atoms with Gasteiger partial charge in [-0.25, -0.2) is 0 Å². The minimum absolute atomic E-state index is 1.30. The largest absolute Gasteiger partial charge is 0.393 e. The van der Waals surface area contributed by atoms with E-state index in [1.54, 1.807) is 0 Å². The van der Waals surface area contributed by atoms with Crippen LogP contribution in [0.4, 0.5) is 0 Å². The van der Waals surface area contributed by atoms with Crippen LogP contribution in [0.1, 0.15) is 19.4 Å². The van der Waals surface area contributed by atoms with E-state index in [9.17, 15) is 0 Å². The molecule has 0 atom stereocenters. The van der Waals surface area contributed by atoms with E-state index in [1.807, 2.05) is 7.05 Å². The van der Waals surface area contributed by atoms with E-state index in [0.717, 1.165) is 0 Å². The van der Waals surface area contributed by atoms with Crippen LogP contribution in [0.15, 0.2) is 18.2 Å². The molecule has 0 aromatic heterocycles. The lowest BCUT2D eigenvalue weighted by atomic mass is 10.1. The minimum atomic E-state index is 1.30. The van der Waals surface area contributed by atoms with Crippen LogP contribution in [0, 0.1) is 6.92 Å². The molecule has 0 amide bonds. The Labute approximate surface area is 79.8 Å². The van der Waals surface area contributed by atoms with Crippen molar-refractivity contribution >= 4 is 11.8 Å². The number of hydrogen-bond donors (Lipinski definition) is 1. The summed E-state index contributed by atoms with van der Waals surface area (Å²) in [4.78, 5) is 0. The normalized spacial score (nSPS) is 11.5. The monoisotopic (exact) mass is 175 g/mol. The molecule has 0 fully saturated rings. The number of aryl methyl sites for hydroxylation is 1. The summed E-state index contributed by atoms with van der Waals surface area (Å²) in [7, 11) is 1.93. The summed E-state index contributed by atoms with van der Waals surface area (Å²) < 4.78 is 0.